The van der Waals surface area contributed by atoms with Crippen molar-refractivity contribution in [2.24, 2.45) is 0 Å². The van der Waals surface area contributed by atoms with Gasteiger partial charge in [0.15, 0.2) is 0 Å². The molecule has 0 atom stereocenters. The van der Waals surface area contributed by atoms with Gasteiger partial charge in [0.2, 0.25) is 10.0 Å². The van der Waals surface area contributed by atoms with Gasteiger partial charge in [-0.1, -0.05) is 23.7 Å². The summed E-state index contributed by atoms with van der Waals surface area (Å²) in [5, 5.41) is 0.497. The van der Waals surface area contributed by atoms with Crippen molar-refractivity contribution >= 4 is 32.7 Å². The highest BCUT2D eigenvalue weighted by atomic mass is 35.5. The first kappa shape index (κ1) is 16.0. The van der Waals surface area contributed by atoms with Crippen molar-refractivity contribution in [3.8, 4) is 0 Å². The van der Waals surface area contributed by atoms with E-state index in [-0.39, 0.29) is 11.4 Å². The second-order valence-corrected chi connectivity index (χ2v) is 7.24. The summed E-state index contributed by atoms with van der Waals surface area (Å²) in [6.45, 7) is 2.86. The fourth-order valence-corrected chi connectivity index (χ4v) is 3.58. The highest BCUT2D eigenvalue weighted by Crippen LogP contribution is 2.17. The molecule has 0 bridgehead atoms. The molecule has 0 fully saturated rings. The highest BCUT2D eigenvalue weighted by molar-refractivity contribution is 7.89. The molecule has 0 saturated heterocycles. The lowest BCUT2D eigenvalue weighted by atomic mass is 10.3. The standard InChI is InChI=1S/C16H16ClN3O2S/c1-2-20-15-6-4-3-5-14(15)19-16(20)11-18-23(21,22)13-9-7-12(17)8-10-13/h3-10,18H,2,11H2,1H3. The maximum absolute atomic E-state index is 12.3. The molecule has 5 nitrogen and oxygen atoms in total. The van der Waals surface area contributed by atoms with Gasteiger partial charge in [-0.2, -0.15) is 0 Å². The molecule has 120 valence electrons. The van der Waals surface area contributed by atoms with Gasteiger partial charge in [0.1, 0.15) is 5.82 Å². The Bertz CT molecular complexity index is 934. The number of imidazole rings is 1. The van der Waals surface area contributed by atoms with Crippen LogP contribution >= 0.6 is 11.6 Å². The average Bonchev–Trinajstić information content (AvgIpc) is 2.91. The fraction of sp³-hybridized carbons (Fsp3) is 0.188. The molecule has 7 heteroatoms. The zero-order chi connectivity index (χ0) is 16.4. The molecule has 2 aromatic carbocycles. The van der Waals surface area contributed by atoms with E-state index in [1.54, 1.807) is 12.1 Å². The molecule has 0 radical (unpaired) electrons. The number of hydrogen-bond donors (Lipinski definition) is 1. The number of aromatic nitrogens is 2. The molecule has 0 aliphatic rings. The van der Waals surface area contributed by atoms with Crippen molar-refractivity contribution in [3.05, 3.63) is 59.4 Å². The Kier molecular flexibility index (Phi) is 4.39. The van der Waals surface area contributed by atoms with Crippen LogP contribution in [0.1, 0.15) is 12.7 Å². The van der Waals surface area contributed by atoms with Crippen LogP contribution in [0, 0.1) is 0 Å². The minimum Gasteiger partial charge on any atom is -0.327 e. The summed E-state index contributed by atoms with van der Waals surface area (Å²) in [5.74, 6) is 0.686. The summed E-state index contributed by atoms with van der Waals surface area (Å²) in [4.78, 5) is 4.69. The third-order valence-corrected chi connectivity index (χ3v) is 5.26. The molecular formula is C16H16ClN3O2S. The molecular weight excluding hydrogens is 334 g/mol. The quantitative estimate of drug-likeness (QED) is 0.769. The summed E-state index contributed by atoms with van der Waals surface area (Å²) in [6.07, 6.45) is 0. The Morgan fingerprint density at radius 3 is 2.52 bits per heavy atom. The van der Waals surface area contributed by atoms with Crippen LogP contribution in [-0.4, -0.2) is 18.0 Å². The Labute approximate surface area is 140 Å². The Morgan fingerprint density at radius 2 is 1.83 bits per heavy atom. The van der Waals surface area contributed by atoms with Gasteiger partial charge < -0.3 is 4.57 Å². The predicted molar refractivity (Wildman–Crippen MR) is 90.9 cm³/mol. The molecule has 0 aliphatic heterocycles. The summed E-state index contributed by atoms with van der Waals surface area (Å²) in [6, 6.07) is 13.8. The number of aryl methyl sites for hydroxylation is 1. The van der Waals surface area contributed by atoms with Crippen LogP contribution in [0.3, 0.4) is 0 Å². The molecule has 0 unspecified atom stereocenters. The molecule has 0 aliphatic carbocycles. The molecule has 0 amide bonds. The number of hydrogen-bond acceptors (Lipinski definition) is 3. The van der Waals surface area contributed by atoms with Gasteiger partial charge in [-0.25, -0.2) is 18.1 Å². The average molecular weight is 350 g/mol. The first-order valence-corrected chi connectivity index (χ1v) is 9.07. The van der Waals surface area contributed by atoms with E-state index in [9.17, 15) is 8.42 Å². The second-order valence-electron chi connectivity index (χ2n) is 5.04. The van der Waals surface area contributed by atoms with Crippen LogP contribution in [-0.2, 0) is 23.1 Å². The maximum Gasteiger partial charge on any atom is 0.240 e. The number of nitrogens with one attached hydrogen (secondary N) is 1. The number of nitrogens with zero attached hydrogens (tertiary/aromatic N) is 2. The molecule has 1 N–H and O–H groups in total. The van der Waals surface area contributed by atoms with E-state index in [0.717, 1.165) is 17.6 Å². The zero-order valence-electron chi connectivity index (χ0n) is 12.5. The van der Waals surface area contributed by atoms with Gasteiger partial charge in [-0.15, -0.1) is 0 Å². The van der Waals surface area contributed by atoms with Crippen LogP contribution in [0.4, 0.5) is 0 Å². The first-order valence-electron chi connectivity index (χ1n) is 7.20. The van der Waals surface area contributed by atoms with Crippen LogP contribution in [0.2, 0.25) is 5.02 Å². The van der Waals surface area contributed by atoms with E-state index >= 15 is 0 Å². The molecule has 3 rings (SSSR count). The van der Waals surface area contributed by atoms with E-state index in [4.69, 9.17) is 11.6 Å². The van der Waals surface area contributed by atoms with E-state index in [0.29, 0.717) is 10.8 Å². The Morgan fingerprint density at radius 1 is 1.13 bits per heavy atom. The Balaban J connectivity index is 1.87. The summed E-state index contributed by atoms with van der Waals surface area (Å²) >= 11 is 5.79. The third kappa shape index (κ3) is 3.24. The molecule has 1 aromatic heterocycles. The molecule has 0 saturated carbocycles. The number of benzene rings is 2. The molecule has 1 heterocycles. The van der Waals surface area contributed by atoms with Gasteiger partial charge in [-0.05, 0) is 43.3 Å². The van der Waals surface area contributed by atoms with Crippen molar-refractivity contribution in [2.45, 2.75) is 24.9 Å². The van der Waals surface area contributed by atoms with Crippen molar-refractivity contribution < 1.29 is 8.42 Å². The number of rotatable bonds is 5. The minimum atomic E-state index is -3.60. The maximum atomic E-state index is 12.3. The highest BCUT2D eigenvalue weighted by Gasteiger charge is 2.16. The van der Waals surface area contributed by atoms with E-state index < -0.39 is 10.0 Å². The van der Waals surface area contributed by atoms with Crippen molar-refractivity contribution in [1.29, 1.82) is 0 Å². The van der Waals surface area contributed by atoms with Crippen LogP contribution in [0.25, 0.3) is 11.0 Å². The Hall–Kier alpha value is -1.89. The number of fused-ring (bicyclic) bond motifs is 1. The molecule has 0 spiro atoms. The first-order chi connectivity index (χ1) is 11.0. The topological polar surface area (TPSA) is 64.0 Å². The zero-order valence-corrected chi connectivity index (χ0v) is 14.1. The predicted octanol–water partition coefficient (Wildman–Crippen LogP) is 3.19. The van der Waals surface area contributed by atoms with E-state index in [2.05, 4.69) is 9.71 Å². The lowest BCUT2D eigenvalue weighted by molar-refractivity contribution is 0.576. The normalized spacial score (nSPS) is 11.9. The summed E-state index contributed by atoms with van der Waals surface area (Å²) < 4.78 is 29.3. The van der Waals surface area contributed by atoms with Crippen LogP contribution in [0.15, 0.2) is 53.4 Å². The smallest absolute Gasteiger partial charge is 0.240 e. The van der Waals surface area contributed by atoms with E-state index in [1.165, 1.54) is 12.1 Å². The van der Waals surface area contributed by atoms with Gasteiger partial charge in [0, 0.05) is 11.6 Å². The monoisotopic (exact) mass is 349 g/mol. The lowest BCUT2D eigenvalue weighted by Crippen LogP contribution is -2.25. The third-order valence-electron chi connectivity index (χ3n) is 3.59. The largest absolute Gasteiger partial charge is 0.327 e. The van der Waals surface area contributed by atoms with Crippen LogP contribution < -0.4 is 4.72 Å². The number of halogens is 1. The van der Waals surface area contributed by atoms with Crippen molar-refractivity contribution in [3.63, 3.8) is 0 Å². The van der Waals surface area contributed by atoms with E-state index in [1.807, 2.05) is 35.8 Å². The van der Waals surface area contributed by atoms with Crippen LogP contribution in [0.5, 0.6) is 0 Å². The SMILES string of the molecule is CCn1c(CNS(=O)(=O)c2ccc(Cl)cc2)nc2ccccc21. The number of para-hydroxylation sites is 2. The van der Waals surface area contributed by atoms with Gasteiger partial charge in [0.05, 0.1) is 22.5 Å². The van der Waals surface area contributed by atoms with Gasteiger partial charge in [0.25, 0.3) is 0 Å². The summed E-state index contributed by atoms with van der Waals surface area (Å²) in [7, 11) is -3.60. The number of sulfonamides is 1. The second kappa shape index (κ2) is 6.31. The van der Waals surface area contributed by atoms with Crippen molar-refractivity contribution in [2.75, 3.05) is 0 Å². The van der Waals surface area contributed by atoms with Gasteiger partial charge >= 0.3 is 0 Å². The minimum absolute atomic E-state index is 0.132. The summed E-state index contributed by atoms with van der Waals surface area (Å²) in [5.41, 5.74) is 1.85. The molecule has 23 heavy (non-hydrogen) atoms. The van der Waals surface area contributed by atoms with Gasteiger partial charge in [-0.3, -0.25) is 0 Å². The van der Waals surface area contributed by atoms with Crippen molar-refractivity contribution in [1.82, 2.24) is 14.3 Å². The molecule has 3 aromatic rings. The lowest BCUT2D eigenvalue weighted by Gasteiger charge is -2.08. The fourth-order valence-electron chi connectivity index (χ4n) is 2.47.